The van der Waals surface area contributed by atoms with E-state index >= 15 is 0 Å². The first kappa shape index (κ1) is 21.2. The topological polar surface area (TPSA) is 90.6 Å². The second-order valence-electron chi connectivity index (χ2n) is 8.04. The summed E-state index contributed by atoms with van der Waals surface area (Å²) in [5, 5.41) is 3.99. The Bertz CT molecular complexity index is 836. The van der Waals surface area contributed by atoms with E-state index in [1.54, 1.807) is 18.5 Å². The number of anilines is 1. The number of ether oxygens (including phenoxy) is 2. The Morgan fingerprint density at radius 1 is 1.30 bits per heavy atom. The highest BCUT2D eigenvalue weighted by Gasteiger charge is 2.43. The molecule has 0 bridgehead atoms. The van der Waals surface area contributed by atoms with Gasteiger partial charge in [-0.1, -0.05) is 5.16 Å². The number of pyridine rings is 1. The van der Waals surface area contributed by atoms with E-state index in [-0.39, 0.29) is 0 Å². The van der Waals surface area contributed by atoms with E-state index in [0.29, 0.717) is 37.5 Å². The van der Waals surface area contributed by atoms with Crippen LogP contribution >= 0.6 is 0 Å². The van der Waals surface area contributed by atoms with Crippen molar-refractivity contribution in [1.29, 1.82) is 0 Å². The lowest BCUT2D eigenvalue weighted by atomic mass is 9.91. The predicted octanol–water partition coefficient (Wildman–Crippen LogP) is 3.06. The minimum absolute atomic E-state index is 0.403. The average molecular weight is 435 g/mol. The van der Waals surface area contributed by atoms with Crippen LogP contribution in [-0.2, 0) is 22.1 Å². The molecule has 1 unspecified atom stereocenters. The van der Waals surface area contributed by atoms with Gasteiger partial charge in [0.1, 0.15) is 6.61 Å². The number of hydrogen-bond acceptors (Lipinski definition) is 8. The molecule has 2 aromatic heterocycles. The molecule has 0 amide bonds. The van der Waals surface area contributed by atoms with Crippen LogP contribution < -0.4 is 9.64 Å². The van der Waals surface area contributed by atoms with E-state index < -0.39 is 10.8 Å². The first-order valence-electron chi connectivity index (χ1n) is 10.7. The predicted molar refractivity (Wildman–Crippen MR) is 113 cm³/mol. The maximum atomic E-state index is 11.4. The van der Waals surface area contributed by atoms with Crippen LogP contribution in [0.5, 0.6) is 5.88 Å². The van der Waals surface area contributed by atoms with Crippen LogP contribution in [0.25, 0.3) is 0 Å². The van der Waals surface area contributed by atoms with E-state index in [1.807, 2.05) is 13.0 Å². The fourth-order valence-corrected chi connectivity index (χ4v) is 4.72. The second-order valence-corrected chi connectivity index (χ2v) is 9.42. The van der Waals surface area contributed by atoms with Gasteiger partial charge in [0.2, 0.25) is 5.88 Å². The molecule has 2 fully saturated rings. The monoisotopic (exact) mass is 434 g/mol. The van der Waals surface area contributed by atoms with Crippen LogP contribution in [-0.4, -0.2) is 51.9 Å². The molecule has 1 saturated carbocycles. The molecule has 8 nitrogen and oxygen atoms in total. The van der Waals surface area contributed by atoms with Crippen molar-refractivity contribution in [2.45, 2.75) is 44.1 Å². The SMILES string of the molecule is CCOCc1noc(N2CCC([C@H]3C[C@H]3CCOc3ccc(S(C)=O)cn3)CC2)n1. The van der Waals surface area contributed by atoms with Crippen LogP contribution in [0.1, 0.15) is 38.4 Å². The number of rotatable bonds is 10. The third-order valence-electron chi connectivity index (χ3n) is 6.07. The summed E-state index contributed by atoms with van der Waals surface area (Å²) in [7, 11) is -1.00. The van der Waals surface area contributed by atoms with Crippen LogP contribution in [0.3, 0.4) is 0 Å². The highest BCUT2D eigenvalue weighted by Crippen LogP contribution is 2.49. The molecule has 0 N–H and O–H groups in total. The van der Waals surface area contributed by atoms with Crippen LogP contribution in [0, 0.1) is 17.8 Å². The van der Waals surface area contributed by atoms with Crippen LogP contribution in [0.4, 0.5) is 6.01 Å². The molecular formula is C21H30N4O4S. The average Bonchev–Trinajstić information content (AvgIpc) is 3.38. The summed E-state index contributed by atoms with van der Waals surface area (Å²) in [6.45, 7) is 5.62. The molecule has 0 aromatic carbocycles. The number of aromatic nitrogens is 3. The Morgan fingerprint density at radius 3 is 2.83 bits per heavy atom. The number of piperidine rings is 1. The summed E-state index contributed by atoms with van der Waals surface area (Å²) in [6.07, 6.45) is 7.98. The molecule has 0 radical (unpaired) electrons. The summed E-state index contributed by atoms with van der Waals surface area (Å²) < 4.78 is 27.9. The zero-order chi connectivity index (χ0) is 20.9. The minimum atomic E-state index is -1.00. The van der Waals surface area contributed by atoms with Crippen molar-refractivity contribution < 1.29 is 18.2 Å². The fourth-order valence-electron chi connectivity index (χ4n) is 4.26. The fraction of sp³-hybridized carbons (Fsp3) is 0.667. The Kier molecular flexibility index (Phi) is 6.99. The Hall–Kier alpha value is -2.00. The van der Waals surface area contributed by atoms with Gasteiger partial charge in [0.05, 0.1) is 22.3 Å². The molecule has 1 saturated heterocycles. The van der Waals surface area contributed by atoms with Crippen molar-refractivity contribution >= 4 is 16.8 Å². The van der Waals surface area contributed by atoms with Gasteiger partial charge in [-0.2, -0.15) is 4.98 Å². The minimum Gasteiger partial charge on any atom is -0.478 e. The molecule has 3 atom stereocenters. The molecule has 0 spiro atoms. The highest BCUT2D eigenvalue weighted by molar-refractivity contribution is 7.84. The molecule has 1 aliphatic heterocycles. The Labute approximate surface area is 179 Å². The molecule has 164 valence electrons. The van der Waals surface area contributed by atoms with Crippen molar-refractivity contribution in [2.75, 3.05) is 37.5 Å². The number of nitrogens with zero attached hydrogens (tertiary/aromatic N) is 4. The molecular weight excluding hydrogens is 404 g/mol. The van der Waals surface area contributed by atoms with E-state index in [2.05, 4.69) is 20.0 Å². The lowest BCUT2D eigenvalue weighted by Gasteiger charge is -2.30. The summed E-state index contributed by atoms with van der Waals surface area (Å²) in [4.78, 5) is 11.6. The van der Waals surface area contributed by atoms with E-state index in [9.17, 15) is 4.21 Å². The van der Waals surface area contributed by atoms with Gasteiger partial charge in [-0.25, -0.2) is 4.98 Å². The van der Waals surface area contributed by atoms with E-state index in [4.69, 9.17) is 14.0 Å². The normalized spacial score (nSPS) is 22.8. The van der Waals surface area contributed by atoms with Gasteiger partial charge >= 0.3 is 6.01 Å². The third-order valence-corrected chi connectivity index (χ3v) is 6.97. The summed E-state index contributed by atoms with van der Waals surface area (Å²) in [6, 6.07) is 4.23. The van der Waals surface area contributed by atoms with Crippen molar-refractivity contribution in [3.63, 3.8) is 0 Å². The maximum absolute atomic E-state index is 11.4. The molecule has 30 heavy (non-hydrogen) atoms. The summed E-state index contributed by atoms with van der Waals surface area (Å²) >= 11 is 0. The largest absolute Gasteiger partial charge is 0.478 e. The first-order valence-corrected chi connectivity index (χ1v) is 12.3. The van der Waals surface area contributed by atoms with Gasteiger partial charge < -0.3 is 18.9 Å². The maximum Gasteiger partial charge on any atom is 0.324 e. The third kappa shape index (κ3) is 5.37. The summed E-state index contributed by atoms with van der Waals surface area (Å²) in [5.74, 6) is 3.56. The smallest absolute Gasteiger partial charge is 0.324 e. The summed E-state index contributed by atoms with van der Waals surface area (Å²) in [5.41, 5.74) is 0. The molecule has 9 heteroatoms. The molecule has 2 aromatic rings. The lowest BCUT2D eigenvalue weighted by Crippen LogP contribution is -2.34. The van der Waals surface area contributed by atoms with Crippen LogP contribution in [0.2, 0.25) is 0 Å². The highest BCUT2D eigenvalue weighted by atomic mass is 32.2. The van der Waals surface area contributed by atoms with Crippen molar-refractivity contribution in [2.24, 2.45) is 17.8 Å². The second kappa shape index (κ2) is 9.87. The standard InChI is InChI=1S/C21H30N4O4S/c1-3-27-14-19-23-21(29-24-19)25-9-6-15(7-10-25)18-12-16(18)8-11-28-20-5-4-17(13-22-20)30(2)26/h4-5,13,15-16,18H,3,6-12,14H2,1-2H3/t16-,18-,30?/m1/s1. The van der Waals surface area contributed by atoms with Crippen molar-refractivity contribution in [3.05, 3.63) is 24.2 Å². The van der Waals surface area contributed by atoms with E-state index in [1.165, 1.54) is 19.3 Å². The van der Waals surface area contributed by atoms with Gasteiger partial charge in [-0.3, -0.25) is 4.21 Å². The van der Waals surface area contributed by atoms with E-state index in [0.717, 1.165) is 42.2 Å². The van der Waals surface area contributed by atoms with Crippen molar-refractivity contribution in [3.8, 4) is 5.88 Å². The molecule has 4 rings (SSSR count). The van der Waals surface area contributed by atoms with Crippen molar-refractivity contribution in [1.82, 2.24) is 15.1 Å². The lowest BCUT2D eigenvalue weighted by molar-refractivity contribution is 0.126. The Morgan fingerprint density at radius 2 is 2.13 bits per heavy atom. The molecule has 2 aliphatic rings. The first-order chi connectivity index (χ1) is 14.6. The van der Waals surface area contributed by atoms with Gasteiger partial charge in [-0.15, -0.1) is 0 Å². The van der Waals surface area contributed by atoms with Gasteiger partial charge in [0.25, 0.3) is 0 Å². The van der Waals surface area contributed by atoms with Gasteiger partial charge in [0.15, 0.2) is 5.82 Å². The molecule has 3 heterocycles. The van der Waals surface area contributed by atoms with Gasteiger partial charge in [-0.05, 0) is 56.4 Å². The Balaban J connectivity index is 1.15. The van der Waals surface area contributed by atoms with Gasteiger partial charge in [0, 0.05) is 38.2 Å². The molecule has 1 aliphatic carbocycles. The zero-order valence-corrected chi connectivity index (χ0v) is 18.5. The quantitative estimate of drug-likeness (QED) is 0.564. The van der Waals surface area contributed by atoms with Crippen LogP contribution in [0.15, 0.2) is 27.7 Å². The number of hydrogen-bond donors (Lipinski definition) is 0. The zero-order valence-electron chi connectivity index (χ0n) is 17.7.